The summed E-state index contributed by atoms with van der Waals surface area (Å²) in [6.45, 7) is 0. The van der Waals surface area contributed by atoms with Crippen molar-refractivity contribution in [1.29, 1.82) is 0 Å². The number of rotatable bonds is 5. The molecule has 0 saturated heterocycles. The van der Waals surface area contributed by atoms with Crippen molar-refractivity contribution in [3.8, 4) is 0 Å². The molecule has 4 aromatic carbocycles. The highest BCUT2D eigenvalue weighted by Crippen LogP contribution is 2.33. The molecule has 0 aliphatic rings. The van der Waals surface area contributed by atoms with Gasteiger partial charge in [0, 0.05) is 0 Å². The minimum Gasteiger partial charge on any atom is -0.0622 e. The van der Waals surface area contributed by atoms with Crippen molar-refractivity contribution in [2.24, 2.45) is 0 Å². The highest BCUT2D eigenvalue weighted by Gasteiger charge is 2.20. The Kier molecular flexibility index (Phi) is 4.93. The van der Waals surface area contributed by atoms with E-state index in [4.69, 9.17) is 0 Å². The molecule has 26 heavy (non-hydrogen) atoms. The zero-order chi connectivity index (χ0) is 17.6. The molecule has 0 spiro atoms. The molecule has 0 unspecified atom stereocenters. The quantitative estimate of drug-likeness (QED) is 0.376. The van der Waals surface area contributed by atoms with Crippen molar-refractivity contribution in [3.05, 3.63) is 149 Å². The second kappa shape index (κ2) is 7.84. The average Bonchev–Trinajstić information content (AvgIpc) is 2.72. The van der Waals surface area contributed by atoms with Gasteiger partial charge >= 0.3 is 0 Å². The Hall–Kier alpha value is -3.12. The Morgan fingerprint density at radius 1 is 0.462 bits per heavy atom. The predicted octanol–water partition coefficient (Wildman–Crippen LogP) is 6.30. The van der Waals surface area contributed by atoms with Crippen molar-refractivity contribution in [1.82, 2.24) is 0 Å². The molecule has 0 N–H and O–H groups in total. The van der Waals surface area contributed by atoms with Crippen LogP contribution in [-0.2, 0) is 6.42 Å². The van der Waals surface area contributed by atoms with Gasteiger partial charge in [0.05, 0.1) is 5.92 Å². The highest BCUT2D eigenvalue weighted by molar-refractivity contribution is 5.59. The van der Waals surface area contributed by atoms with E-state index >= 15 is 0 Å². The standard InChI is InChI=1S/C26H21/c1-4-12-21(13-5-1)20-24-18-10-11-19-25(24)26(22-14-6-2-7-15-22)23-16-8-3-9-17-23/h1-19H,20H2. The highest BCUT2D eigenvalue weighted by atomic mass is 14.2. The molecule has 0 amide bonds. The van der Waals surface area contributed by atoms with Crippen LogP contribution in [0.4, 0.5) is 0 Å². The number of benzene rings is 4. The molecule has 0 aromatic heterocycles. The van der Waals surface area contributed by atoms with Gasteiger partial charge in [-0.05, 0) is 34.2 Å². The Bertz CT molecular complexity index is 901. The minimum absolute atomic E-state index is 0.931. The maximum absolute atomic E-state index is 2.24. The Morgan fingerprint density at radius 3 is 1.50 bits per heavy atom. The Morgan fingerprint density at radius 2 is 0.923 bits per heavy atom. The fourth-order valence-electron chi connectivity index (χ4n) is 3.42. The van der Waals surface area contributed by atoms with E-state index in [1.54, 1.807) is 0 Å². The molecule has 0 bridgehead atoms. The maximum Gasteiger partial charge on any atom is 0.0632 e. The first-order chi connectivity index (χ1) is 12.9. The van der Waals surface area contributed by atoms with Crippen molar-refractivity contribution in [2.75, 3.05) is 0 Å². The van der Waals surface area contributed by atoms with Crippen molar-refractivity contribution < 1.29 is 0 Å². The molecule has 0 heteroatoms. The van der Waals surface area contributed by atoms with Crippen LogP contribution in [0.5, 0.6) is 0 Å². The first kappa shape index (κ1) is 16.4. The van der Waals surface area contributed by atoms with Gasteiger partial charge in [0.15, 0.2) is 0 Å². The second-order valence-electron chi connectivity index (χ2n) is 6.43. The van der Waals surface area contributed by atoms with E-state index in [-0.39, 0.29) is 0 Å². The van der Waals surface area contributed by atoms with Crippen molar-refractivity contribution in [2.45, 2.75) is 6.42 Å². The molecule has 0 atom stereocenters. The first-order valence-electron chi connectivity index (χ1n) is 9.02. The molecular formula is C26H21. The van der Waals surface area contributed by atoms with E-state index in [1.165, 1.54) is 33.7 Å². The molecule has 0 fully saturated rings. The van der Waals surface area contributed by atoms with Crippen LogP contribution in [0.15, 0.2) is 115 Å². The monoisotopic (exact) mass is 333 g/mol. The lowest BCUT2D eigenvalue weighted by Gasteiger charge is -2.21. The van der Waals surface area contributed by atoms with Crippen LogP contribution in [0.2, 0.25) is 0 Å². The Balaban J connectivity index is 1.82. The summed E-state index contributed by atoms with van der Waals surface area (Å²) >= 11 is 0. The summed E-state index contributed by atoms with van der Waals surface area (Å²) in [7, 11) is 0. The Labute approximate surface area is 155 Å². The zero-order valence-electron chi connectivity index (χ0n) is 14.7. The molecule has 125 valence electrons. The summed E-state index contributed by atoms with van der Waals surface area (Å²) in [6.07, 6.45) is 0.931. The van der Waals surface area contributed by atoms with Crippen LogP contribution in [-0.4, -0.2) is 0 Å². The van der Waals surface area contributed by atoms with Crippen LogP contribution >= 0.6 is 0 Å². The van der Waals surface area contributed by atoms with Gasteiger partial charge in [-0.15, -0.1) is 0 Å². The number of hydrogen-bond donors (Lipinski definition) is 0. The summed E-state index contributed by atoms with van der Waals surface area (Å²) in [4.78, 5) is 0. The molecule has 0 nitrogen and oxygen atoms in total. The third kappa shape index (κ3) is 3.60. The van der Waals surface area contributed by atoms with E-state index in [0.29, 0.717) is 0 Å². The second-order valence-corrected chi connectivity index (χ2v) is 6.43. The third-order valence-corrected chi connectivity index (χ3v) is 4.65. The molecule has 0 saturated carbocycles. The molecule has 4 aromatic rings. The lowest BCUT2D eigenvalue weighted by Crippen LogP contribution is -2.08. The molecule has 1 radical (unpaired) electrons. The fraction of sp³-hybridized carbons (Fsp3) is 0.0385. The van der Waals surface area contributed by atoms with Gasteiger partial charge in [0.25, 0.3) is 0 Å². The largest absolute Gasteiger partial charge is 0.0632 e. The fourth-order valence-corrected chi connectivity index (χ4v) is 3.42. The lowest BCUT2D eigenvalue weighted by molar-refractivity contribution is 1.12. The smallest absolute Gasteiger partial charge is 0.0622 e. The van der Waals surface area contributed by atoms with E-state index in [0.717, 1.165) is 6.42 Å². The van der Waals surface area contributed by atoms with Gasteiger partial charge in [-0.25, -0.2) is 0 Å². The molecule has 0 aliphatic heterocycles. The first-order valence-corrected chi connectivity index (χ1v) is 9.02. The summed E-state index contributed by atoms with van der Waals surface area (Å²) < 4.78 is 0. The lowest BCUT2D eigenvalue weighted by atomic mass is 9.82. The van der Waals surface area contributed by atoms with Gasteiger partial charge < -0.3 is 0 Å². The van der Waals surface area contributed by atoms with Gasteiger partial charge in [0.2, 0.25) is 0 Å². The van der Waals surface area contributed by atoms with Gasteiger partial charge in [-0.1, -0.05) is 115 Å². The predicted molar refractivity (Wildman–Crippen MR) is 109 cm³/mol. The molecule has 4 rings (SSSR count). The topological polar surface area (TPSA) is 0 Å². The number of hydrogen-bond acceptors (Lipinski definition) is 0. The van der Waals surface area contributed by atoms with Gasteiger partial charge in [-0.2, -0.15) is 0 Å². The molecule has 0 aliphatic carbocycles. The van der Waals surface area contributed by atoms with Crippen LogP contribution in [0.1, 0.15) is 27.8 Å². The van der Waals surface area contributed by atoms with Crippen LogP contribution in [0.3, 0.4) is 0 Å². The van der Waals surface area contributed by atoms with Crippen molar-refractivity contribution in [3.63, 3.8) is 0 Å². The van der Waals surface area contributed by atoms with Crippen LogP contribution in [0.25, 0.3) is 0 Å². The maximum atomic E-state index is 2.24. The van der Waals surface area contributed by atoms with E-state index < -0.39 is 0 Å². The SMILES string of the molecule is c1ccc(Cc2ccccc2[C](c2ccccc2)c2ccccc2)cc1. The third-order valence-electron chi connectivity index (χ3n) is 4.65. The summed E-state index contributed by atoms with van der Waals surface area (Å²) in [5.41, 5.74) is 6.48. The van der Waals surface area contributed by atoms with Crippen LogP contribution in [0, 0.1) is 5.92 Å². The van der Waals surface area contributed by atoms with E-state index in [2.05, 4.69) is 115 Å². The molecule has 0 heterocycles. The van der Waals surface area contributed by atoms with E-state index in [1.807, 2.05) is 0 Å². The summed E-state index contributed by atoms with van der Waals surface area (Å²) in [6, 6.07) is 40.8. The van der Waals surface area contributed by atoms with E-state index in [9.17, 15) is 0 Å². The molecular weight excluding hydrogens is 312 g/mol. The zero-order valence-corrected chi connectivity index (χ0v) is 14.7. The summed E-state index contributed by atoms with van der Waals surface area (Å²) in [5.74, 6) is 1.29. The van der Waals surface area contributed by atoms with Crippen molar-refractivity contribution >= 4 is 0 Å². The van der Waals surface area contributed by atoms with Crippen LogP contribution < -0.4 is 0 Å². The minimum atomic E-state index is 0.931. The van der Waals surface area contributed by atoms with Gasteiger partial charge in [0.1, 0.15) is 0 Å². The average molecular weight is 333 g/mol. The summed E-state index contributed by atoms with van der Waals surface area (Å²) in [5, 5.41) is 0. The normalized spacial score (nSPS) is 10.8. The van der Waals surface area contributed by atoms with Gasteiger partial charge in [-0.3, -0.25) is 0 Å².